The van der Waals surface area contributed by atoms with Crippen molar-refractivity contribution in [3.05, 3.63) is 40.7 Å². The number of carbonyl (C=O) groups excluding carboxylic acids is 1. The molecular formula is C19H19ClN6O. The lowest BCUT2D eigenvalue weighted by Crippen LogP contribution is -2.15. The SMILES string of the molecule is CNc1nc(C2C(=O)Nc3ccc(Cl)cc32)c2cn(C3CCCC3)nc2n1. The fourth-order valence-corrected chi connectivity index (χ4v) is 4.32. The first-order valence-corrected chi connectivity index (χ1v) is 9.56. The van der Waals surface area contributed by atoms with Crippen LogP contribution in [0.15, 0.2) is 24.4 Å². The number of hydrogen-bond acceptors (Lipinski definition) is 5. The molecule has 0 bridgehead atoms. The molecule has 2 aromatic heterocycles. The Morgan fingerprint density at radius 2 is 2.07 bits per heavy atom. The van der Waals surface area contributed by atoms with Crippen molar-refractivity contribution in [2.24, 2.45) is 0 Å². The zero-order chi connectivity index (χ0) is 18.5. The van der Waals surface area contributed by atoms with Gasteiger partial charge in [0.2, 0.25) is 11.9 Å². The van der Waals surface area contributed by atoms with E-state index in [-0.39, 0.29) is 5.91 Å². The van der Waals surface area contributed by atoms with Gasteiger partial charge in [-0.2, -0.15) is 10.1 Å². The molecule has 1 aliphatic carbocycles. The summed E-state index contributed by atoms with van der Waals surface area (Å²) < 4.78 is 2.00. The maximum atomic E-state index is 12.8. The zero-order valence-corrected chi connectivity index (χ0v) is 15.6. The van der Waals surface area contributed by atoms with Crippen molar-refractivity contribution >= 4 is 40.2 Å². The summed E-state index contributed by atoms with van der Waals surface area (Å²) in [6, 6.07) is 5.82. The summed E-state index contributed by atoms with van der Waals surface area (Å²) in [4.78, 5) is 21.9. The van der Waals surface area contributed by atoms with Gasteiger partial charge in [0.05, 0.1) is 17.1 Å². The molecule has 27 heavy (non-hydrogen) atoms. The zero-order valence-electron chi connectivity index (χ0n) is 14.9. The van der Waals surface area contributed by atoms with Gasteiger partial charge in [0, 0.05) is 24.0 Å². The van der Waals surface area contributed by atoms with Crippen molar-refractivity contribution in [2.75, 3.05) is 17.7 Å². The average molecular weight is 383 g/mol. The molecule has 3 aromatic rings. The van der Waals surface area contributed by atoms with Crippen LogP contribution in [0, 0.1) is 0 Å². The van der Waals surface area contributed by atoms with Crippen LogP contribution in [-0.2, 0) is 4.79 Å². The van der Waals surface area contributed by atoms with Crippen LogP contribution in [-0.4, -0.2) is 32.7 Å². The summed E-state index contributed by atoms with van der Waals surface area (Å²) in [6.45, 7) is 0. The Bertz CT molecular complexity index is 1060. The molecule has 138 valence electrons. The molecular weight excluding hydrogens is 364 g/mol. The van der Waals surface area contributed by atoms with Crippen molar-refractivity contribution in [3.63, 3.8) is 0 Å². The van der Waals surface area contributed by atoms with Crippen LogP contribution in [0.4, 0.5) is 11.6 Å². The highest BCUT2D eigenvalue weighted by molar-refractivity contribution is 6.31. The number of nitrogens with one attached hydrogen (secondary N) is 2. The highest BCUT2D eigenvalue weighted by Crippen LogP contribution is 2.40. The minimum Gasteiger partial charge on any atom is -0.357 e. The predicted octanol–water partition coefficient (Wildman–Crippen LogP) is 3.72. The fraction of sp³-hybridized carbons (Fsp3) is 0.368. The summed E-state index contributed by atoms with van der Waals surface area (Å²) in [7, 11) is 1.76. The van der Waals surface area contributed by atoms with Crippen LogP contribution < -0.4 is 10.6 Å². The van der Waals surface area contributed by atoms with E-state index in [2.05, 4.69) is 20.6 Å². The molecule has 1 amide bonds. The average Bonchev–Trinajstić information content (AvgIpc) is 3.38. The number of aromatic nitrogens is 4. The van der Waals surface area contributed by atoms with Gasteiger partial charge in [-0.3, -0.25) is 9.48 Å². The molecule has 1 saturated carbocycles. The van der Waals surface area contributed by atoms with Crippen LogP contribution in [0.25, 0.3) is 11.0 Å². The molecule has 7 nitrogen and oxygen atoms in total. The molecule has 1 unspecified atom stereocenters. The van der Waals surface area contributed by atoms with E-state index >= 15 is 0 Å². The van der Waals surface area contributed by atoms with E-state index in [1.165, 1.54) is 12.8 Å². The Morgan fingerprint density at radius 1 is 1.26 bits per heavy atom. The highest BCUT2D eigenvalue weighted by atomic mass is 35.5. The van der Waals surface area contributed by atoms with Crippen LogP contribution in [0.1, 0.15) is 48.9 Å². The van der Waals surface area contributed by atoms with Gasteiger partial charge in [0.15, 0.2) is 5.65 Å². The number of amides is 1. The lowest BCUT2D eigenvalue weighted by molar-refractivity contribution is -0.116. The van der Waals surface area contributed by atoms with E-state index in [9.17, 15) is 4.79 Å². The third-order valence-electron chi connectivity index (χ3n) is 5.47. The molecule has 1 aromatic carbocycles. The van der Waals surface area contributed by atoms with Crippen molar-refractivity contribution in [1.82, 2.24) is 19.7 Å². The molecule has 2 aliphatic rings. The van der Waals surface area contributed by atoms with E-state index < -0.39 is 5.92 Å². The topological polar surface area (TPSA) is 84.7 Å². The standard InChI is InChI=1S/C19H19ClN6O/c1-21-19-23-16(15-12-8-10(20)6-7-14(12)22-18(15)27)13-9-26(25-17(13)24-19)11-4-2-3-5-11/h6-9,11,15H,2-5H2,1H3,(H,22,27)(H,21,24,25). The predicted molar refractivity (Wildman–Crippen MR) is 104 cm³/mol. The van der Waals surface area contributed by atoms with Crippen molar-refractivity contribution < 1.29 is 4.79 Å². The largest absolute Gasteiger partial charge is 0.357 e. The van der Waals surface area contributed by atoms with E-state index in [4.69, 9.17) is 16.7 Å². The summed E-state index contributed by atoms with van der Waals surface area (Å²) in [5.74, 6) is -0.182. The molecule has 3 heterocycles. The number of hydrogen-bond donors (Lipinski definition) is 2. The van der Waals surface area contributed by atoms with Gasteiger partial charge in [0.1, 0.15) is 5.92 Å². The first kappa shape index (κ1) is 16.5. The molecule has 1 aliphatic heterocycles. The lowest BCUT2D eigenvalue weighted by Gasteiger charge is -2.11. The minimum atomic E-state index is -0.530. The number of benzene rings is 1. The fourth-order valence-electron chi connectivity index (χ4n) is 4.14. The maximum Gasteiger partial charge on any atom is 0.238 e. The number of rotatable bonds is 3. The Labute approximate surface area is 161 Å². The van der Waals surface area contributed by atoms with Crippen molar-refractivity contribution in [1.29, 1.82) is 0 Å². The molecule has 1 fully saturated rings. The van der Waals surface area contributed by atoms with Crippen molar-refractivity contribution in [3.8, 4) is 0 Å². The monoisotopic (exact) mass is 382 g/mol. The molecule has 8 heteroatoms. The Balaban J connectivity index is 1.70. The second-order valence-corrected chi connectivity index (χ2v) is 7.56. The molecule has 0 saturated heterocycles. The van der Waals surface area contributed by atoms with Crippen LogP contribution in [0.3, 0.4) is 0 Å². The van der Waals surface area contributed by atoms with Gasteiger partial charge in [-0.1, -0.05) is 24.4 Å². The molecule has 1 atom stereocenters. The van der Waals surface area contributed by atoms with E-state index in [0.717, 1.165) is 29.5 Å². The third kappa shape index (κ3) is 2.65. The number of anilines is 2. The van der Waals surface area contributed by atoms with Gasteiger partial charge in [-0.15, -0.1) is 0 Å². The summed E-state index contributed by atoms with van der Waals surface area (Å²) in [5.41, 5.74) is 2.88. The summed E-state index contributed by atoms with van der Waals surface area (Å²) >= 11 is 6.19. The van der Waals surface area contributed by atoms with E-state index in [0.29, 0.717) is 28.4 Å². The number of halogens is 1. The van der Waals surface area contributed by atoms with Crippen LogP contribution >= 0.6 is 11.6 Å². The summed E-state index contributed by atoms with van der Waals surface area (Å²) in [5, 5.41) is 12.0. The second kappa shape index (κ2) is 6.20. The number of nitrogens with zero attached hydrogens (tertiary/aromatic N) is 4. The number of carbonyl (C=O) groups is 1. The minimum absolute atomic E-state index is 0.108. The Morgan fingerprint density at radius 3 is 2.85 bits per heavy atom. The van der Waals surface area contributed by atoms with Gasteiger partial charge >= 0.3 is 0 Å². The molecule has 5 rings (SSSR count). The highest BCUT2D eigenvalue weighted by Gasteiger charge is 2.35. The van der Waals surface area contributed by atoms with E-state index in [1.807, 2.05) is 23.0 Å². The van der Waals surface area contributed by atoms with Gasteiger partial charge < -0.3 is 10.6 Å². The normalized spacial score (nSPS) is 19.5. The van der Waals surface area contributed by atoms with Gasteiger partial charge in [-0.05, 0) is 36.6 Å². The Hall–Kier alpha value is -2.67. The van der Waals surface area contributed by atoms with Gasteiger partial charge in [0.25, 0.3) is 0 Å². The molecule has 2 N–H and O–H groups in total. The van der Waals surface area contributed by atoms with Crippen LogP contribution in [0.5, 0.6) is 0 Å². The lowest BCUT2D eigenvalue weighted by atomic mass is 9.95. The van der Waals surface area contributed by atoms with Gasteiger partial charge in [-0.25, -0.2) is 4.98 Å². The first-order valence-electron chi connectivity index (χ1n) is 9.19. The maximum absolute atomic E-state index is 12.8. The summed E-state index contributed by atoms with van der Waals surface area (Å²) in [6.07, 6.45) is 6.68. The second-order valence-electron chi connectivity index (χ2n) is 7.12. The quantitative estimate of drug-likeness (QED) is 0.721. The molecule has 0 radical (unpaired) electrons. The van der Waals surface area contributed by atoms with Crippen LogP contribution in [0.2, 0.25) is 5.02 Å². The van der Waals surface area contributed by atoms with E-state index in [1.54, 1.807) is 13.1 Å². The molecule has 0 spiro atoms. The Kier molecular flexibility index (Phi) is 3.79. The first-order chi connectivity index (χ1) is 13.1. The smallest absolute Gasteiger partial charge is 0.238 e. The third-order valence-corrected chi connectivity index (χ3v) is 5.70. The van der Waals surface area contributed by atoms with Crippen molar-refractivity contribution in [2.45, 2.75) is 37.6 Å². The number of fused-ring (bicyclic) bond motifs is 2.